The molecule has 1 aliphatic rings. The fourth-order valence-electron chi connectivity index (χ4n) is 3.09. The van der Waals surface area contributed by atoms with Crippen molar-refractivity contribution >= 4 is 34.1 Å². The van der Waals surface area contributed by atoms with Gasteiger partial charge in [-0.3, -0.25) is 4.57 Å². The molecule has 140 valence electrons. The molecule has 1 atom stereocenters. The van der Waals surface area contributed by atoms with Crippen molar-refractivity contribution in [3.05, 3.63) is 22.6 Å². The first kappa shape index (κ1) is 18.4. The minimum Gasteiger partial charge on any atom is -0.358 e. The van der Waals surface area contributed by atoms with E-state index in [-0.39, 0.29) is 6.23 Å². The molecule has 1 saturated heterocycles. The number of rotatable bonds is 4. The van der Waals surface area contributed by atoms with Crippen LogP contribution in [0.3, 0.4) is 0 Å². The lowest BCUT2D eigenvalue weighted by atomic mass is 10.2. The molecule has 0 aliphatic carbocycles. The number of aromatic nitrogens is 5. The number of halogens is 1. The molecule has 0 amide bonds. The maximum atomic E-state index is 6.44. The number of imidazole rings is 1. The predicted octanol–water partition coefficient (Wildman–Crippen LogP) is 4.84. The van der Waals surface area contributed by atoms with Gasteiger partial charge in [0.15, 0.2) is 21.6 Å². The van der Waals surface area contributed by atoms with E-state index in [4.69, 9.17) is 21.3 Å². The van der Waals surface area contributed by atoms with Crippen LogP contribution in [-0.2, 0) is 4.74 Å². The van der Waals surface area contributed by atoms with Crippen LogP contribution in [0.15, 0.2) is 11.6 Å². The summed E-state index contributed by atoms with van der Waals surface area (Å²) in [6.45, 7) is 2.87. The summed E-state index contributed by atoms with van der Waals surface area (Å²) in [6.07, 6.45) is 7.71. The Morgan fingerprint density at radius 2 is 2.26 bits per heavy atom. The van der Waals surface area contributed by atoms with Gasteiger partial charge in [-0.1, -0.05) is 30.9 Å². The average Bonchev–Trinajstić information content (AvgIpc) is 3.34. The van der Waals surface area contributed by atoms with Gasteiger partial charge in [-0.2, -0.15) is 0 Å². The van der Waals surface area contributed by atoms with Gasteiger partial charge in [0.1, 0.15) is 11.7 Å². The highest BCUT2D eigenvalue weighted by atomic mass is 35.5. The van der Waals surface area contributed by atoms with E-state index in [1.54, 1.807) is 6.20 Å². The molecule has 0 radical (unpaired) electrons. The quantitative estimate of drug-likeness (QED) is 0.355. The van der Waals surface area contributed by atoms with Gasteiger partial charge in [0.25, 0.3) is 0 Å². The monoisotopic (exact) mass is 401 g/mol. The molecule has 8 heteroatoms. The lowest BCUT2D eigenvalue weighted by molar-refractivity contribution is -0.0287. The van der Waals surface area contributed by atoms with Gasteiger partial charge in [-0.25, -0.2) is 19.9 Å². The van der Waals surface area contributed by atoms with E-state index in [0.717, 1.165) is 56.0 Å². The number of ether oxygens (including phenoxy) is 1. The van der Waals surface area contributed by atoms with Crippen molar-refractivity contribution in [1.82, 2.24) is 24.5 Å². The SMILES string of the molecule is CCCCC#Cc1nc(Cl)c2nc(-c3nccs3)n(C3CCCCO3)c2n1. The smallest absolute Gasteiger partial charge is 0.208 e. The van der Waals surface area contributed by atoms with Crippen LogP contribution in [0.4, 0.5) is 0 Å². The normalized spacial score (nSPS) is 17.0. The Balaban J connectivity index is 1.84. The highest BCUT2D eigenvalue weighted by Crippen LogP contribution is 2.34. The molecule has 0 aromatic carbocycles. The fourth-order valence-corrected chi connectivity index (χ4v) is 3.92. The highest BCUT2D eigenvalue weighted by molar-refractivity contribution is 7.13. The van der Waals surface area contributed by atoms with Gasteiger partial charge in [0.05, 0.1) is 0 Å². The highest BCUT2D eigenvalue weighted by Gasteiger charge is 2.26. The van der Waals surface area contributed by atoms with Crippen molar-refractivity contribution in [1.29, 1.82) is 0 Å². The molecular formula is C19H20ClN5OS. The van der Waals surface area contributed by atoms with Crippen molar-refractivity contribution in [2.75, 3.05) is 6.61 Å². The summed E-state index contributed by atoms with van der Waals surface area (Å²) in [6, 6.07) is 0. The van der Waals surface area contributed by atoms with E-state index in [9.17, 15) is 0 Å². The molecule has 1 fully saturated rings. The van der Waals surface area contributed by atoms with Crippen LogP contribution in [0.25, 0.3) is 22.0 Å². The first-order valence-corrected chi connectivity index (χ1v) is 10.5. The standard InChI is InChI=1S/C19H20ClN5OS/c1-2-3-4-5-8-13-22-16(20)15-17(23-13)25(14-9-6-7-11-26-14)18(24-15)19-21-10-12-27-19/h10,12,14H,2-4,6-7,9,11H2,1H3. The molecule has 1 aliphatic heterocycles. The molecule has 4 heterocycles. The third-order valence-corrected chi connectivity index (χ3v) is 5.45. The molecule has 0 N–H and O–H groups in total. The van der Waals surface area contributed by atoms with Crippen LogP contribution in [0.2, 0.25) is 5.15 Å². The van der Waals surface area contributed by atoms with E-state index in [1.165, 1.54) is 11.3 Å². The Morgan fingerprint density at radius 3 is 3.00 bits per heavy atom. The summed E-state index contributed by atoms with van der Waals surface area (Å²) in [4.78, 5) is 18.1. The van der Waals surface area contributed by atoms with Crippen LogP contribution in [0, 0.1) is 11.8 Å². The van der Waals surface area contributed by atoms with E-state index in [2.05, 4.69) is 33.7 Å². The molecule has 3 aromatic heterocycles. The van der Waals surface area contributed by atoms with Gasteiger partial charge in [0.2, 0.25) is 5.82 Å². The molecule has 0 saturated carbocycles. The lowest BCUT2D eigenvalue weighted by Gasteiger charge is -2.25. The van der Waals surface area contributed by atoms with Crippen LogP contribution >= 0.6 is 22.9 Å². The second kappa shape index (κ2) is 8.34. The van der Waals surface area contributed by atoms with E-state index in [0.29, 0.717) is 22.1 Å². The van der Waals surface area contributed by atoms with Crippen molar-refractivity contribution in [3.8, 4) is 22.7 Å². The first-order chi connectivity index (χ1) is 13.3. The van der Waals surface area contributed by atoms with Crippen molar-refractivity contribution in [2.45, 2.75) is 51.7 Å². The molecular weight excluding hydrogens is 382 g/mol. The van der Waals surface area contributed by atoms with Gasteiger partial charge in [0, 0.05) is 24.6 Å². The Bertz CT molecular complexity index is 983. The first-order valence-electron chi connectivity index (χ1n) is 9.23. The molecule has 0 bridgehead atoms. The predicted molar refractivity (Wildman–Crippen MR) is 107 cm³/mol. The summed E-state index contributed by atoms with van der Waals surface area (Å²) in [5.41, 5.74) is 1.22. The zero-order chi connectivity index (χ0) is 18.6. The largest absolute Gasteiger partial charge is 0.358 e. The van der Waals surface area contributed by atoms with E-state index in [1.807, 2.05) is 9.95 Å². The van der Waals surface area contributed by atoms with Crippen molar-refractivity contribution < 1.29 is 4.74 Å². The molecule has 4 rings (SSSR count). The minimum atomic E-state index is -0.130. The van der Waals surface area contributed by atoms with E-state index < -0.39 is 0 Å². The summed E-state index contributed by atoms with van der Waals surface area (Å²) in [5, 5.41) is 3.06. The number of hydrogen-bond donors (Lipinski definition) is 0. The summed E-state index contributed by atoms with van der Waals surface area (Å²) in [5.74, 6) is 7.30. The maximum Gasteiger partial charge on any atom is 0.208 e. The molecule has 1 unspecified atom stereocenters. The summed E-state index contributed by atoms with van der Waals surface area (Å²) < 4.78 is 8.03. The number of nitrogens with zero attached hydrogens (tertiary/aromatic N) is 5. The van der Waals surface area contributed by atoms with Gasteiger partial charge in [-0.05, 0) is 31.6 Å². The molecule has 6 nitrogen and oxygen atoms in total. The number of unbranched alkanes of at least 4 members (excludes halogenated alkanes) is 2. The second-order valence-corrected chi connectivity index (χ2v) is 7.63. The Kier molecular flexibility index (Phi) is 5.67. The minimum absolute atomic E-state index is 0.130. The fraction of sp³-hybridized carbons (Fsp3) is 0.474. The van der Waals surface area contributed by atoms with Gasteiger partial charge in [-0.15, -0.1) is 11.3 Å². The lowest BCUT2D eigenvalue weighted by Crippen LogP contribution is -2.19. The average molecular weight is 402 g/mol. The Labute approximate surface area is 167 Å². The Morgan fingerprint density at radius 1 is 1.33 bits per heavy atom. The zero-order valence-corrected chi connectivity index (χ0v) is 16.7. The van der Waals surface area contributed by atoms with Crippen LogP contribution in [0.5, 0.6) is 0 Å². The topological polar surface area (TPSA) is 65.7 Å². The summed E-state index contributed by atoms with van der Waals surface area (Å²) >= 11 is 7.96. The third kappa shape index (κ3) is 3.84. The molecule has 27 heavy (non-hydrogen) atoms. The van der Waals surface area contributed by atoms with Gasteiger partial charge < -0.3 is 4.74 Å². The number of fused-ring (bicyclic) bond motifs is 1. The third-order valence-electron chi connectivity index (χ3n) is 4.42. The summed E-state index contributed by atoms with van der Waals surface area (Å²) in [7, 11) is 0. The number of thiazole rings is 1. The zero-order valence-electron chi connectivity index (χ0n) is 15.1. The number of hydrogen-bond acceptors (Lipinski definition) is 6. The Hall–Kier alpha value is -2.01. The molecule has 3 aromatic rings. The van der Waals surface area contributed by atoms with Crippen molar-refractivity contribution in [3.63, 3.8) is 0 Å². The van der Waals surface area contributed by atoms with Crippen LogP contribution in [0.1, 0.15) is 57.5 Å². The second-order valence-electron chi connectivity index (χ2n) is 6.38. The van der Waals surface area contributed by atoms with Crippen LogP contribution in [-0.4, -0.2) is 31.1 Å². The van der Waals surface area contributed by atoms with E-state index >= 15 is 0 Å². The van der Waals surface area contributed by atoms with Gasteiger partial charge >= 0.3 is 0 Å². The van der Waals surface area contributed by atoms with Crippen molar-refractivity contribution in [2.24, 2.45) is 0 Å². The molecule has 0 spiro atoms. The van der Waals surface area contributed by atoms with Crippen LogP contribution < -0.4 is 0 Å². The maximum absolute atomic E-state index is 6.44.